The largest absolute Gasteiger partial charge is 0.382 e. The number of hydrogen-bond donors (Lipinski definition) is 0. The summed E-state index contributed by atoms with van der Waals surface area (Å²) in [4.78, 5) is 0. The predicted molar refractivity (Wildman–Crippen MR) is 93.1 cm³/mol. The second-order valence-electron chi connectivity index (χ2n) is 7.03. The molecule has 0 aromatic heterocycles. The summed E-state index contributed by atoms with van der Waals surface area (Å²) in [5.41, 5.74) is 0. The van der Waals surface area contributed by atoms with Gasteiger partial charge in [0.2, 0.25) is 0 Å². The molecule has 2 saturated carbocycles. The lowest BCUT2D eigenvalue weighted by Gasteiger charge is -2.39. The highest BCUT2D eigenvalue weighted by molar-refractivity contribution is 4.83. The fourth-order valence-corrected chi connectivity index (χ4v) is 4.00. The van der Waals surface area contributed by atoms with E-state index in [1.54, 1.807) is 7.11 Å². The quantitative estimate of drug-likeness (QED) is 0.401. The molecule has 0 radical (unpaired) electrons. The van der Waals surface area contributed by atoms with E-state index in [0.29, 0.717) is 45.7 Å². The summed E-state index contributed by atoms with van der Waals surface area (Å²) in [7, 11) is 1.67. The lowest BCUT2D eigenvalue weighted by molar-refractivity contribution is -0.179. The smallest absolute Gasteiger partial charge is 0.155 e. The van der Waals surface area contributed by atoms with Crippen LogP contribution in [0.5, 0.6) is 0 Å². The third-order valence-electron chi connectivity index (χ3n) is 5.26. The van der Waals surface area contributed by atoms with Crippen LogP contribution in [0, 0.1) is 11.8 Å². The van der Waals surface area contributed by atoms with Crippen molar-refractivity contribution in [2.45, 2.75) is 64.3 Å². The van der Waals surface area contributed by atoms with Gasteiger partial charge in [-0.2, -0.15) is 0 Å². The summed E-state index contributed by atoms with van der Waals surface area (Å²) in [6, 6.07) is 0. The average molecular weight is 344 g/mol. The van der Waals surface area contributed by atoms with Gasteiger partial charge in [0.25, 0.3) is 0 Å². The zero-order chi connectivity index (χ0) is 17.0. The highest BCUT2D eigenvalue weighted by Crippen LogP contribution is 2.41. The van der Waals surface area contributed by atoms with Crippen LogP contribution in [0.4, 0.5) is 0 Å². The van der Waals surface area contributed by atoms with Crippen LogP contribution in [-0.4, -0.2) is 59.1 Å². The van der Waals surface area contributed by atoms with Crippen LogP contribution < -0.4 is 0 Å². The van der Waals surface area contributed by atoms with Gasteiger partial charge in [0.15, 0.2) is 6.29 Å². The fourth-order valence-electron chi connectivity index (χ4n) is 4.00. The standard InChI is InChI=1S/C19H36O5/c1-16(23-14-13-22-12-11-21-10-9-20-2)24-19-8-7-17-5-3-4-6-18(17)15-19/h16-19H,3-15H2,1-2H3. The van der Waals surface area contributed by atoms with E-state index < -0.39 is 0 Å². The van der Waals surface area contributed by atoms with Crippen molar-refractivity contribution in [3.05, 3.63) is 0 Å². The van der Waals surface area contributed by atoms with E-state index in [2.05, 4.69) is 0 Å². The first kappa shape index (κ1) is 20.1. The maximum absolute atomic E-state index is 6.10. The van der Waals surface area contributed by atoms with E-state index in [0.717, 1.165) is 11.8 Å². The van der Waals surface area contributed by atoms with Gasteiger partial charge in [0.05, 0.1) is 45.7 Å². The highest BCUT2D eigenvalue weighted by Gasteiger charge is 2.33. The highest BCUT2D eigenvalue weighted by atomic mass is 16.7. The number of fused-ring (bicyclic) bond motifs is 1. The molecular weight excluding hydrogens is 308 g/mol. The summed E-state index contributed by atoms with van der Waals surface area (Å²) in [6.07, 6.45) is 9.70. The van der Waals surface area contributed by atoms with E-state index in [4.69, 9.17) is 23.7 Å². The topological polar surface area (TPSA) is 46.2 Å². The normalized spacial score (nSPS) is 28.5. The molecule has 2 aliphatic carbocycles. The zero-order valence-corrected chi connectivity index (χ0v) is 15.5. The summed E-state index contributed by atoms with van der Waals surface area (Å²) >= 11 is 0. The Morgan fingerprint density at radius 2 is 1.46 bits per heavy atom. The molecule has 5 nitrogen and oxygen atoms in total. The van der Waals surface area contributed by atoms with E-state index in [1.165, 1.54) is 44.9 Å². The second kappa shape index (κ2) is 12.2. The molecule has 4 unspecified atom stereocenters. The molecule has 2 rings (SSSR count). The maximum Gasteiger partial charge on any atom is 0.155 e. The third-order valence-corrected chi connectivity index (χ3v) is 5.26. The molecule has 0 spiro atoms. The first-order valence-corrected chi connectivity index (χ1v) is 9.71. The molecule has 0 aromatic rings. The Labute approximate surface area is 147 Å². The van der Waals surface area contributed by atoms with Gasteiger partial charge in [0, 0.05) is 7.11 Å². The minimum Gasteiger partial charge on any atom is -0.382 e. The Balaban J connectivity index is 1.44. The van der Waals surface area contributed by atoms with Crippen LogP contribution >= 0.6 is 0 Å². The molecule has 2 aliphatic rings. The molecule has 0 bridgehead atoms. The molecule has 0 aromatic carbocycles. The molecule has 4 atom stereocenters. The van der Waals surface area contributed by atoms with Gasteiger partial charge in [-0.1, -0.05) is 25.7 Å². The third kappa shape index (κ3) is 7.79. The predicted octanol–water partition coefficient (Wildman–Crippen LogP) is 3.40. The Kier molecular flexibility index (Phi) is 10.2. The molecule has 142 valence electrons. The van der Waals surface area contributed by atoms with Gasteiger partial charge in [-0.3, -0.25) is 0 Å². The second-order valence-corrected chi connectivity index (χ2v) is 7.03. The molecule has 0 N–H and O–H groups in total. The summed E-state index contributed by atoms with van der Waals surface area (Å²) in [5.74, 6) is 1.86. The Morgan fingerprint density at radius 3 is 2.21 bits per heavy atom. The fraction of sp³-hybridized carbons (Fsp3) is 1.00. The van der Waals surface area contributed by atoms with Crippen molar-refractivity contribution in [3.63, 3.8) is 0 Å². The molecule has 24 heavy (non-hydrogen) atoms. The van der Waals surface area contributed by atoms with E-state index >= 15 is 0 Å². The van der Waals surface area contributed by atoms with E-state index in [-0.39, 0.29) is 6.29 Å². The van der Waals surface area contributed by atoms with E-state index in [1.807, 2.05) is 6.92 Å². The molecule has 5 heteroatoms. The lowest BCUT2D eigenvalue weighted by atomic mass is 9.70. The van der Waals surface area contributed by atoms with Crippen LogP contribution in [0.15, 0.2) is 0 Å². The SMILES string of the molecule is COCCOCCOCCOC(C)OC1CCC2CCCCC2C1. The Bertz CT molecular complexity index is 312. The number of ether oxygens (including phenoxy) is 5. The van der Waals surface area contributed by atoms with Crippen LogP contribution in [0.2, 0.25) is 0 Å². The zero-order valence-electron chi connectivity index (χ0n) is 15.5. The monoisotopic (exact) mass is 344 g/mol. The summed E-state index contributed by atoms with van der Waals surface area (Å²) in [6.45, 7) is 5.58. The van der Waals surface area contributed by atoms with E-state index in [9.17, 15) is 0 Å². The van der Waals surface area contributed by atoms with Crippen molar-refractivity contribution in [1.82, 2.24) is 0 Å². The summed E-state index contributed by atoms with van der Waals surface area (Å²) in [5, 5.41) is 0. The molecule has 0 heterocycles. The Hall–Kier alpha value is -0.200. The van der Waals surface area contributed by atoms with Gasteiger partial charge in [0.1, 0.15) is 0 Å². The molecule has 2 fully saturated rings. The van der Waals surface area contributed by atoms with Crippen molar-refractivity contribution in [2.75, 3.05) is 46.8 Å². The number of methoxy groups -OCH3 is 1. The van der Waals surface area contributed by atoms with Crippen molar-refractivity contribution in [1.29, 1.82) is 0 Å². The lowest BCUT2D eigenvalue weighted by Crippen LogP contribution is -2.34. The Morgan fingerprint density at radius 1 is 0.792 bits per heavy atom. The van der Waals surface area contributed by atoms with Crippen LogP contribution in [0.1, 0.15) is 51.9 Å². The molecule has 0 aliphatic heterocycles. The van der Waals surface area contributed by atoms with Crippen LogP contribution in [0.3, 0.4) is 0 Å². The molecule has 0 saturated heterocycles. The van der Waals surface area contributed by atoms with Crippen LogP contribution in [-0.2, 0) is 23.7 Å². The van der Waals surface area contributed by atoms with Crippen molar-refractivity contribution >= 4 is 0 Å². The van der Waals surface area contributed by atoms with Crippen molar-refractivity contribution in [2.24, 2.45) is 11.8 Å². The number of hydrogen-bond acceptors (Lipinski definition) is 5. The van der Waals surface area contributed by atoms with Gasteiger partial charge >= 0.3 is 0 Å². The average Bonchev–Trinajstić information content (AvgIpc) is 2.60. The minimum absolute atomic E-state index is 0.142. The number of rotatable bonds is 12. The first-order chi connectivity index (χ1) is 11.8. The van der Waals surface area contributed by atoms with Gasteiger partial charge < -0.3 is 23.7 Å². The van der Waals surface area contributed by atoms with Crippen LogP contribution in [0.25, 0.3) is 0 Å². The van der Waals surface area contributed by atoms with Gasteiger partial charge in [-0.15, -0.1) is 0 Å². The minimum atomic E-state index is -0.142. The van der Waals surface area contributed by atoms with Gasteiger partial charge in [-0.05, 0) is 38.0 Å². The maximum atomic E-state index is 6.10. The first-order valence-electron chi connectivity index (χ1n) is 9.71. The van der Waals surface area contributed by atoms with Gasteiger partial charge in [-0.25, -0.2) is 0 Å². The molecular formula is C19H36O5. The van der Waals surface area contributed by atoms with Crippen molar-refractivity contribution in [3.8, 4) is 0 Å². The molecule has 0 amide bonds. The summed E-state index contributed by atoms with van der Waals surface area (Å²) < 4.78 is 27.5. The van der Waals surface area contributed by atoms with Crippen molar-refractivity contribution < 1.29 is 23.7 Å².